The molecule has 1 heterocycles. The number of benzene rings is 2. The summed E-state index contributed by atoms with van der Waals surface area (Å²) in [4.78, 5) is 0. The van der Waals surface area contributed by atoms with Crippen LogP contribution in [-0.4, -0.2) is 0 Å². The first-order chi connectivity index (χ1) is 6.84. The van der Waals surface area contributed by atoms with Crippen LogP contribution >= 0.6 is 0 Å². The third kappa shape index (κ3) is 0.956. The maximum Gasteiger partial charge on any atom is 0.0467 e. The van der Waals surface area contributed by atoms with Gasteiger partial charge in [-0.25, -0.2) is 0 Å². The molecule has 0 unspecified atom stereocenters. The Balaban J connectivity index is 2.50. The molecule has 0 amide bonds. The summed E-state index contributed by atoms with van der Waals surface area (Å²) < 4.78 is 0. The Morgan fingerprint density at radius 1 is 1.00 bits per heavy atom. The van der Waals surface area contributed by atoms with E-state index < -0.39 is 0 Å². The van der Waals surface area contributed by atoms with Crippen molar-refractivity contribution in [3.8, 4) is 0 Å². The van der Waals surface area contributed by atoms with Crippen molar-refractivity contribution in [1.29, 1.82) is 0 Å². The molecule has 0 bridgehead atoms. The van der Waals surface area contributed by atoms with Crippen molar-refractivity contribution in [2.24, 2.45) is 0 Å². The van der Waals surface area contributed by atoms with E-state index in [1.54, 1.807) is 0 Å². The van der Waals surface area contributed by atoms with E-state index in [-0.39, 0.29) is 0 Å². The molecule has 2 aromatic carbocycles. The molecule has 68 valence electrons. The average molecular weight is 181 g/mol. The fourth-order valence-corrected chi connectivity index (χ4v) is 2.08. The van der Waals surface area contributed by atoms with Gasteiger partial charge in [0.25, 0.3) is 0 Å². The van der Waals surface area contributed by atoms with E-state index in [0.29, 0.717) is 0 Å². The van der Waals surface area contributed by atoms with Crippen LogP contribution in [0, 0.1) is 0 Å². The van der Waals surface area contributed by atoms with Crippen LogP contribution < -0.4 is 5.32 Å². The predicted molar refractivity (Wildman–Crippen MR) is 61.2 cm³/mol. The van der Waals surface area contributed by atoms with Gasteiger partial charge in [-0.2, -0.15) is 0 Å². The second-order valence-electron chi connectivity index (χ2n) is 3.70. The van der Waals surface area contributed by atoms with E-state index in [9.17, 15) is 0 Å². The maximum absolute atomic E-state index is 3.39. The number of hydrogen-bond donors (Lipinski definition) is 1. The van der Waals surface area contributed by atoms with Gasteiger partial charge < -0.3 is 5.32 Å². The van der Waals surface area contributed by atoms with Crippen LogP contribution in [0.25, 0.3) is 16.8 Å². The van der Waals surface area contributed by atoms with Gasteiger partial charge >= 0.3 is 0 Å². The first kappa shape index (κ1) is 7.63. The van der Waals surface area contributed by atoms with Gasteiger partial charge in [0.05, 0.1) is 0 Å². The lowest BCUT2D eigenvalue weighted by Crippen LogP contribution is -2.01. The van der Waals surface area contributed by atoms with Gasteiger partial charge in [-0.15, -0.1) is 0 Å². The highest BCUT2D eigenvalue weighted by atomic mass is 14.9. The van der Waals surface area contributed by atoms with Crippen molar-refractivity contribution in [1.82, 2.24) is 0 Å². The van der Waals surface area contributed by atoms with Crippen molar-refractivity contribution in [2.75, 3.05) is 5.32 Å². The van der Waals surface area contributed by atoms with Gasteiger partial charge in [0, 0.05) is 16.8 Å². The molecular weight excluding hydrogens is 170 g/mol. The molecule has 0 radical (unpaired) electrons. The first-order valence-electron chi connectivity index (χ1n) is 4.82. The van der Waals surface area contributed by atoms with Gasteiger partial charge in [0.1, 0.15) is 0 Å². The van der Waals surface area contributed by atoms with E-state index in [1.807, 2.05) is 0 Å². The second kappa shape index (κ2) is 2.61. The molecule has 14 heavy (non-hydrogen) atoms. The highest BCUT2D eigenvalue weighted by molar-refractivity contribution is 6.02. The Hall–Kier alpha value is -1.76. The Labute approximate surface area is 83.1 Å². The van der Waals surface area contributed by atoms with E-state index in [0.717, 1.165) is 0 Å². The summed E-state index contributed by atoms with van der Waals surface area (Å²) in [6.45, 7) is 2.09. The van der Waals surface area contributed by atoms with E-state index >= 15 is 0 Å². The Bertz CT molecular complexity index is 533. The van der Waals surface area contributed by atoms with E-state index in [4.69, 9.17) is 0 Å². The summed E-state index contributed by atoms with van der Waals surface area (Å²) in [5.74, 6) is 0. The zero-order valence-corrected chi connectivity index (χ0v) is 8.04. The monoisotopic (exact) mass is 181 g/mol. The van der Waals surface area contributed by atoms with Crippen LogP contribution in [0.2, 0.25) is 0 Å². The lowest BCUT2D eigenvalue weighted by Gasteiger charge is -2.17. The molecule has 0 atom stereocenters. The minimum Gasteiger partial charge on any atom is -0.359 e. The SMILES string of the molecule is CC1=Cc2cccc3cccc(c23)N1. The highest BCUT2D eigenvalue weighted by Crippen LogP contribution is 2.32. The summed E-state index contributed by atoms with van der Waals surface area (Å²) in [5, 5.41) is 6.02. The Morgan fingerprint density at radius 3 is 2.64 bits per heavy atom. The maximum atomic E-state index is 3.39. The van der Waals surface area contributed by atoms with Crippen LogP contribution in [0.3, 0.4) is 0 Å². The van der Waals surface area contributed by atoms with Gasteiger partial charge in [-0.3, -0.25) is 0 Å². The summed E-state index contributed by atoms with van der Waals surface area (Å²) >= 11 is 0. The number of rotatable bonds is 0. The van der Waals surface area contributed by atoms with Gasteiger partial charge in [-0.05, 0) is 30.0 Å². The summed E-state index contributed by atoms with van der Waals surface area (Å²) in [7, 11) is 0. The molecule has 0 fully saturated rings. The Kier molecular flexibility index (Phi) is 1.42. The topological polar surface area (TPSA) is 12.0 Å². The van der Waals surface area contributed by atoms with Gasteiger partial charge in [-0.1, -0.05) is 30.3 Å². The fraction of sp³-hybridized carbons (Fsp3) is 0.0769. The molecule has 1 heteroatoms. The molecule has 0 saturated carbocycles. The largest absolute Gasteiger partial charge is 0.359 e. The molecule has 0 saturated heterocycles. The highest BCUT2D eigenvalue weighted by Gasteiger charge is 2.09. The lowest BCUT2D eigenvalue weighted by atomic mass is 9.99. The third-order valence-electron chi connectivity index (χ3n) is 2.64. The molecule has 0 aromatic heterocycles. The first-order valence-corrected chi connectivity index (χ1v) is 4.82. The zero-order valence-electron chi connectivity index (χ0n) is 8.04. The van der Waals surface area contributed by atoms with E-state index in [1.165, 1.54) is 27.7 Å². The number of nitrogens with one attached hydrogen (secondary N) is 1. The van der Waals surface area contributed by atoms with Crippen LogP contribution in [-0.2, 0) is 0 Å². The van der Waals surface area contributed by atoms with Crippen LogP contribution in [0.1, 0.15) is 12.5 Å². The van der Waals surface area contributed by atoms with Gasteiger partial charge in [0.15, 0.2) is 0 Å². The molecule has 0 spiro atoms. The summed E-state index contributed by atoms with van der Waals surface area (Å²) in [6, 6.07) is 12.8. The number of anilines is 1. The average Bonchev–Trinajstić information content (AvgIpc) is 2.18. The molecule has 1 aliphatic rings. The minimum atomic E-state index is 1.20. The van der Waals surface area contributed by atoms with Crippen LogP contribution in [0.4, 0.5) is 5.69 Å². The predicted octanol–water partition coefficient (Wildman–Crippen LogP) is 3.63. The van der Waals surface area contributed by atoms with Crippen molar-refractivity contribution in [3.05, 3.63) is 47.7 Å². The summed E-state index contributed by atoms with van der Waals surface area (Å²) in [6.07, 6.45) is 2.19. The van der Waals surface area contributed by atoms with Crippen LogP contribution in [0.5, 0.6) is 0 Å². The molecule has 1 nitrogen and oxygen atoms in total. The molecule has 0 aliphatic carbocycles. The smallest absolute Gasteiger partial charge is 0.0467 e. The minimum absolute atomic E-state index is 1.20. The number of allylic oxidation sites excluding steroid dienone is 1. The molecule has 1 aliphatic heterocycles. The standard InChI is InChI=1S/C13H11N/c1-9-8-11-6-2-4-10-5-3-7-12(14-9)13(10)11/h2-8,14H,1H3. The molecular formula is C13H11N. The van der Waals surface area contributed by atoms with E-state index in [2.05, 4.69) is 54.7 Å². The van der Waals surface area contributed by atoms with Crippen molar-refractivity contribution in [2.45, 2.75) is 6.92 Å². The second-order valence-corrected chi connectivity index (χ2v) is 3.70. The third-order valence-corrected chi connectivity index (χ3v) is 2.64. The van der Waals surface area contributed by atoms with Crippen molar-refractivity contribution < 1.29 is 0 Å². The molecule has 3 rings (SSSR count). The normalized spacial score (nSPS) is 13.6. The molecule has 2 aromatic rings. The fourth-order valence-electron chi connectivity index (χ4n) is 2.08. The van der Waals surface area contributed by atoms with Crippen LogP contribution in [0.15, 0.2) is 42.1 Å². The zero-order chi connectivity index (χ0) is 9.54. The van der Waals surface area contributed by atoms with Crippen molar-refractivity contribution >= 4 is 22.5 Å². The van der Waals surface area contributed by atoms with Crippen molar-refractivity contribution in [3.63, 3.8) is 0 Å². The van der Waals surface area contributed by atoms with Gasteiger partial charge in [0.2, 0.25) is 0 Å². The Morgan fingerprint density at radius 2 is 1.79 bits per heavy atom. The number of hydrogen-bond acceptors (Lipinski definition) is 1. The quantitative estimate of drug-likeness (QED) is 0.654. The summed E-state index contributed by atoms with van der Waals surface area (Å²) in [5.41, 5.74) is 3.74. The lowest BCUT2D eigenvalue weighted by molar-refractivity contribution is 1.39. The molecule has 1 N–H and O–H groups in total.